The van der Waals surface area contributed by atoms with Crippen LogP contribution in [0.25, 0.3) is 0 Å². The third-order valence-corrected chi connectivity index (χ3v) is 3.92. The molecule has 19 heavy (non-hydrogen) atoms. The first kappa shape index (κ1) is 14.0. The average molecular weight is 283 g/mol. The summed E-state index contributed by atoms with van der Waals surface area (Å²) >= 11 is 1.32. The number of aliphatic hydroxyl groups is 1. The number of nitrogens with zero attached hydrogens (tertiary/aromatic N) is 1. The fraction of sp³-hybridized carbons (Fsp3) is 0.500. The van der Waals surface area contributed by atoms with E-state index in [4.69, 9.17) is 5.11 Å². The van der Waals surface area contributed by atoms with E-state index in [0.29, 0.717) is 4.88 Å². The third-order valence-electron chi connectivity index (χ3n) is 3.06. The molecule has 2 rings (SSSR count). The minimum Gasteiger partial charge on any atom is -0.396 e. The summed E-state index contributed by atoms with van der Waals surface area (Å²) in [7, 11) is 0. The molecule has 3 N–H and O–H groups in total. The number of amides is 2. The molecule has 1 saturated heterocycles. The van der Waals surface area contributed by atoms with E-state index in [1.165, 1.54) is 11.3 Å². The van der Waals surface area contributed by atoms with Crippen molar-refractivity contribution in [3.63, 3.8) is 0 Å². The first-order chi connectivity index (χ1) is 9.19. The van der Waals surface area contributed by atoms with Gasteiger partial charge in [-0.2, -0.15) is 0 Å². The molecule has 1 aliphatic rings. The maximum absolute atomic E-state index is 11.6. The van der Waals surface area contributed by atoms with Crippen molar-refractivity contribution in [1.82, 2.24) is 15.8 Å². The van der Waals surface area contributed by atoms with Crippen molar-refractivity contribution in [2.45, 2.75) is 6.42 Å². The van der Waals surface area contributed by atoms with Gasteiger partial charge in [-0.05, 0) is 30.3 Å². The average Bonchev–Trinajstić information content (AvgIpc) is 3.06. The lowest BCUT2D eigenvalue weighted by Gasteiger charge is -2.15. The molecule has 2 amide bonds. The Morgan fingerprint density at radius 3 is 2.95 bits per heavy atom. The summed E-state index contributed by atoms with van der Waals surface area (Å²) in [4.78, 5) is 25.7. The van der Waals surface area contributed by atoms with Crippen LogP contribution in [0, 0.1) is 5.92 Å². The molecule has 0 bridgehead atoms. The number of nitrogens with one attached hydrogen (secondary N) is 2. The lowest BCUT2D eigenvalue weighted by atomic mass is 10.1. The van der Waals surface area contributed by atoms with Gasteiger partial charge in [0.25, 0.3) is 11.8 Å². The van der Waals surface area contributed by atoms with Crippen LogP contribution < -0.4 is 10.9 Å². The normalized spacial score (nSPS) is 19.3. The van der Waals surface area contributed by atoms with E-state index in [9.17, 15) is 9.59 Å². The van der Waals surface area contributed by atoms with Crippen LogP contribution in [0.4, 0.5) is 0 Å². The largest absolute Gasteiger partial charge is 0.396 e. The Morgan fingerprint density at radius 2 is 2.32 bits per heavy atom. The second kappa shape index (κ2) is 6.65. The van der Waals surface area contributed by atoms with Crippen LogP contribution in [-0.4, -0.2) is 48.1 Å². The van der Waals surface area contributed by atoms with Gasteiger partial charge in [-0.3, -0.25) is 25.3 Å². The van der Waals surface area contributed by atoms with Gasteiger partial charge in [-0.1, -0.05) is 6.07 Å². The monoisotopic (exact) mass is 283 g/mol. The molecule has 0 aliphatic carbocycles. The summed E-state index contributed by atoms with van der Waals surface area (Å²) in [5.41, 5.74) is 4.77. The van der Waals surface area contributed by atoms with Gasteiger partial charge in [0.15, 0.2) is 0 Å². The highest BCUT2D eigenvalue weighted by molar-refractivity contribution is 7.12. The minimum atomic E-state index is -0.307. The van der Waals surface area contributed by atoms with Gasteiger partial charge < -0.3 is 5.11 Å². The molecule has 0 radical (unpaired) electrons. The fourth-order valence-electron chi connectivity index (χ4n) is 2.04. The summed E-state index contributed by atoms with van der Waals surface area (Å²) in [6, 6.07) is 3.47. The van der Waals surface area contributed by atoms with E-state index in [2.05, 4.69) is 10.9 Å². The van der Waals surface area contributed by atoms with Crippen LogP contribution in [0.1, 0.15) is 16.1 Å². The van der Waals surface area contributed by atoms with E-state index >= 15 is 0 Å². The van der Waals surface area contributed by atoms with E-state index in [-0.39, 0.29) is 30.9 Å². The maximum Gasteiger partial charge on any atom is 0.279 e. The predicted octanol–water partition coefficient (Wildman–Crippen LogP) is -0.177. The van der Waals surface area contributed by atoms with Crippen molar-refractivity contribution in [1.29, 1.82) is 0 Å². The Kier molecular flexibility index (Phi) is 4.89. The Bertz CT molecular complexity index is 435. The Labute approximate surface area is 115 Å². The van der Waals surface area contributed by atoms with Crippen LogP contribution >= 0.6 is 11.3 Å². The number of thiophene rings is 1. The molecule has 7 heteroatoms. The number of aliphatic hydroxyl groups excluding tert-OH is 1. The molecule has 0 saturated carbocycles. The second-order valence-electron chi connectivity index (χ2n) is 4.55. The van der Waals surface area contributed by atoms with E-state index in [1.54, 1.807) is 17.5 Å². The number of hydrazine groups is 1. The highest BCUT2D eigenvalue weighted by Gasteiger charge is 2.23. The van der Waals surface area contributed by atoms with Crippen LogP contribution in [0.15, 0.2) is 17.5 Å². The molecule has 2 heterocycles. The lowest BCUT2D eigenvalue weighted by molar-refractivity contribution is -0.122. The number of carbonyl (C=O) groups is 2. The zero-order chi connectivity index (χ0) is 13.7. The van der Waals surface area contributed by atoms with Gasteiger partial charge in [-0.25, -0.2) is 0 Å². The first-order valence-corrected chi connectivity index (χ1v) is 7.03. The Hall–Kier alpha value is -1.44. The van der Waals surface area contributed by atoms with Gasteiger partial charge in [0.1, 0.15) is 0 Å². The van der Waals surface area contributed by atoms with Crippen LogP contribution in [0.3, 0.4) is 0 Å². The summed E-state index contributed by atoms with van der Waals surface area (Å²) in [6.45, 7) is 1.93. The number of carbonyl (C=O) groups excluding carboxylic acids is 2. The molecule has 1 aromatic heterocycles. The van der Waals surface area contributed by atoms with Crippen molar-refractivity contribution in [2.75, 3.05) is 26.2 Å². The smallest absolute Gasteiger partial charge is 0.279 e. The number of rotatable bonds is 4. The molecule has 1 aromatic rings. The van der Waals surface area contributed by atoms with Gasteiger partial charge in [0.2, 0.25) is 0 Å². The minimum absolute atomic E-state index is 0.160. The van der Waals surface area contributed by atoms with Gasteiger partial charge in [0.05, 0.1) is 11.4 Å². The molecule has 1 aliphatic heterocycles. The summed E-state index contributed by atoms with van der Waals surface area (Å²) < 4.78 is 0. The van der Waals surface area contributed by atoms with E-state index < -0.39 is 0 Å². The number of likely N-dealkylation sites (tertiary alicyclic amines) is 1. The van der Waals surface area contributed by atoms with E-state index in [0.717, 1.165) is 19.5 Å². The van der Waals surface area contributed by atoms with E-state index in [1.807, 2.05) is 4.90 Å². The fourth-order valence-corrected chi connectivity index (χ4v) is 2.66. The van der Waals surface area contributed by atoms with Crippen LogP contribution in [-0.2, 0) is 4.79 Å². The molecule has 1 unspecified atom stereocenters. The topological polar surface area (TPSA) is 81.7 Å². The Morgan fingerprint density at radius 1 is 1.47 bits per heavy atom. The zero-order valence-electron chi connectivity index (χ0n) is 10.5. The van der Waals surface area contributed by atoms with Crippen LogP contribution in [0.5, 0.6) is 0 Å². The van der Waals surface area contributed by atoms with Crippen molar-refractivity contribution in [3.8, 4) is 0 Å². The molecular weight excluding hydrogens is 266 g/mol. The maximum atomic E-state index is 11.6. The molecule has 6 nitrogen and oxygen atoms in total. The molecule has 0 spiro atoms. The molecule has 1 fully saturated rings. The molecule has 1 atom stereocenters. The number of hydrogen-bond donors (Lipinski definition) is 3. The highest BCUT2D eigenvalue weighted by atomic mass is 32.1. The zero-order valence-corrected chi connectivity index (χ0v) is 11.3. The van der Waals surface area contributed by atoms with Crippen molar-refractivity contribution in [2.24, 2.45) is 5.92 Å². The summed E-state index contributed by atoms with van der Waals surface area (Å²) in [6.07, 6.45) is 0.908. The standard InChI is InChI=1S/C12H17N3O3S/c16-8-9-3-4-15(6-9)7-11(17)13-14-12(18)10-2-1-5-19-10/h1-2,5,9,16H,3-4,6-8H2,(H,13,17)(H,14,18). The van der Waals surface area contributed by atoms with Crippen molar-refractivity contribution in [3.05, 3.63) is 22.4 Å². The SMILES string of the molecule is O=C(CN1CCC(CO)C1)NNC(=O)c1cccs1. The van der Waals surface area contributed by atoms with Gasteiger partial charge >= 0.3 is 0 Å². The second-order valence-corrected chi connectivity index (χ2v) is 5.50. The lowest BCUT2D eigenvalue weighted by Crippen LogP contribution is -2.46. The van der Waals surface area contributed by atoms with Crippen molar-refractivity contribution >= 4 is 23.2 Å². The van der Waals surface area contributed by atoms with Gasteiger partial charge in [0, 0.05) is 13.2 Å². The van der Waals surface area contributed by atoms with Gasteiger partial charge in [-0.15, -0.1) is 11.3 Å². The molecular formula is C12H17N3O3S. The summed E-state index contributed by atoms with van der Waals surface area (Å²) in [5, 5.41) is 10.8. The highest BCUT2D eigenvalue weighted by Crippen LogP contribution is 2.14. The molecule has 104 valence electrons. The Balaban J connectivity index is 1.69. The summed E-state index contributed by atoms with van der Waals surface area (Å²) in [5.74, 6) is -0.296. The predicted molar refractivity (Wildman–Crippen MR) is 71.6 cm³/mol. The quantitative estimate of drug-likeness (QED) is 0.670. The number of hydrogen-bond acceptors (Lipinski definition) is 5. The van der Waals surface area contributed by atoms with Crippen LogP contribution in [0.2, 0.25) is 0 Å². The van der Waals surface area contributed by atoms with Crippen molar-refractivity contribution < 1.29 is 14.7 Å². The third kappa shape index (κ3) is 4.02. The first-order valence-electron chi connectivity index (χ1n) is 6.15. The molecule has 0 aromatic carbocycles.